The summed E-state index contributed by atoms with van der Waals surface area (Å²) < 4.78 is 0. The van der Waals surface area contributed by atoms with E-state index >= 15 is 0 Å². The first-order valence-electron chi connectivity index (χ1n) is 10.0. The van der Waals surface area contributed by atoms with E-state index < -0.39 is 5.97 Å². The van der Waals surface area contributed by atoms with Gasteiger partial charge in [-0.15, -0.1) is 0 Å². The van der Waals surface area contributed by atoms with Gasteiger partial charge in [-0.3, -0.25) is 4.79 Å². The SMILES string of the molecule is Cc1ccccc1C(=O)Nc1cnc(N2CCN(c3ccccn3)CC2)c(C(=O)O)c1. The van der Waals surface area contributed by atoms with Crippen LogP contribution in [0.2, 0.25) is 0 Å². The van der Waals surface area contributed by atoms with Crippen molar-refractivity contribution < 1.29 is 14.7 Å². The monoisotopic (exact) mass is 417 g/mol. The van der Waals surface area contributed by atoms with Crippen molar-refractivity contribution in [3.8, 4) is 0 Å². The third kappa shape index (κ3) is 4.48. The molecule has 4 rings (SSSR count). The Morgan fingerprint density at radius 3 is 2.32 bits per heavy atom. The van der Waals surface area contributed by atoms with Crippen LogP contribution in [-0.4, -0.2) is 53.1 Å². The average molecular weight is 417 g/mol. The van der Waals surface area contributed by atoms with E-state index in [9.17, 15) is 14.7 Å². The number of pyridine rings is 2. The molecule has 1 aromatic carbocycles. The molecule has 2 N–H and O–H groups in total. The largest absolute Gasteiger partial charge is 0.478 e. The van der Waals surface area contributed by atoms with Crippen LogP contribution in [0.1, 0.15) is 26.3 Å². The van der Waals surface area contributed by atoms with Crippen molar-refractivity contribution in [2.45, 2.75) is 6.92 Å². The molecule has 1 saturated heterocycles. The summed E-state index contributed by atoms with van der Waals surface area (Å²) in [5, 5.41) is 12.5. The molecule has 0 unspecified atom stereocenters. The Bertz CT molecular complexity index is 1100. The molecule has 158 valence electrons. The lowest BCUT2D eigenvalue weighted by molar-refractivity contribution is 0.0696. The van der Waals surface area contributed by atoms with Crippen LogP contribution in [0.3, 0.4) is 0 Å². The van der Waals surface area contributed by atoms with Gasteiger partial charge in [-0.25, -0.2) is 14.8 Å². The smallest absolute Gasteiger partial charge is 0.339 e. The van der Waals surface area contributed by atoms with E-state index in [1.54, 1.807) is 18.3 Å². The molecule has 31 heavy (non-hydrogen) atoms. The van der Waals surface area contributed by atoms with E-state index in [0.29, 0.717) is 43.2 Å². The number of carbonyl (C=O) groups excluding carboxylic acids is 1. The molecule has 1 aliphatic rings. The fraction of sp³-hybridized carbons (Fsp3) is 0.217. The van der Waals surface area contributed by atoms with E-state index in [-0.39, 0.29) is 11.5 Å². The zero-order chi connectivity index (χ0) is 21.8. The number of carboxylic acid groups (broad SMARTS) is 1. The van der Waals surface area contributed by atoms with Gasteiger partial charge in [-0.1, -0.05) is 24.3 Å². The molecule has 8 nitrogen and oxygen atoms in total. The minimum Gasteiger partial charge on any atom is -0.478 e. The van der Waals surface area contributed by atoms with Crippen molar-refractivity contribution in [2.24, 2.45) is 0 Å². The van der Waals surface area contributed by atoms with Crippen molar-refractivity contribution in [1.29, 1.82) is 0 Å². The maximum Gasteiger partial charge on any atom is 0.339 e. The number of piperazine rings is 1. The van der Waals surface area contributed by atoms with Gasteiger partial charge >= 0.3 is 5.97 Å². The van der Waals surface area contributed by atoms with Crippen LogP contribution in [0.25, 0.3) is 0 Å². The Kier molecular flexibility index (Phi) is 5.79. The standard InChI is InChI=1S/C23H23N5O3/c1-16-6-2-3-7-18(16)22(29)26-17-14-19(23(30)31)21(25-15-17)28-12-10-27(11-13-28)20-8-4-5-9-24-20/h2-9,14-15H,10-13H2,1H3,(H,26,29)(H,30,31). The Labute approximate surface area is 180 Å². The van der Waals surface area contributed by atoms with Crippen LogP contribution in [0.15, 0.2) is 60.9 Å². The summed E-state index contributed by atoms with van der Waals surface area (Å²) in [5.74, 6) is -0.0699. The van der Waals surface area contributed by atoms with Gasteiger partial charge < -0.3 is 20.2 Å². The zero-order valence-corrected chi connectivity index (χ0v) is 17.2. The predicted molar refractivity (Wildman–Crippen MR) is 119 cm³/mol. The molecule has 0 bridgehead atoms. The molecule has 0 radical (unpaired) electrons. The molecular formula is C23H23N5O3. The highest BCUT2D eigenvalue weighted by Crippen LogP contribution is 2.24. The molecule has 3 heterocycles. The predicted octanol–water partition coefficient (Wildman–Crippen LogP) is 3.06. The van der Waals surface area contributed by atoms with Crippen molar-refractivity contribution >= 4 is 29.2 Å². The maximum absolute atomic E-state index is 12.6. The van der Waals surface area contributed by atoms with E-state index in [1.165, 1.54) is 12.3 Å². The number of benzene rings is 1. The second-order valence-corrected chi connectivity index (χ2v) is 7.33. The number of carboxylic acids is 1. The summed E-state index contributed by atoms with van der Waals surface area (Å²) >= 11 is 0. The summed E-state index contributed by atoms with van der Waals surface area (Å²) in [6, 6.07) is 14.5. The Morgan fingerprint density at radius 2 is 1.65 bits per heavy atom. The third-order valence-electron chi connectivity index (χ3n) is 5.30. The molecule has 0 saturated carbocycles. The topological polar surface area (TPSA) is 98.7 Å². The molecule has 0 atom stereocenters. The first-order valence-corrected chi connectivity index (χ1v) is 10.0. The number of amides is 1. The van der Waals surface area contributed by atoms with Crippen LogP contribution >= 0.6 is 0 Å². The van der Waals surface area contributed by atoms with Gasteiger partial charge in [-0.05, 0) is 36.8 Å². The maximum atomic E-state index is 12.6. The van der Waals surface area contributed by atoms with Crippen LogP contribution < -0.4 is 15.1 Å². The van der Waals surface area contributed by atoms with Crippen molar-refractivity contribution in [3.05, 3.63) is 77.6 Å². The van der Waals surface area contributed by atoms with Crippen LogP contribution in [0.5, 0.6) is 0 Å². The molecular weight excluding hydrogens is 394 g/mol. The molecule has 1 fully saturated rings. The second-order valence-electron chi connectivity index (χ2n) is 7.33. The van der Waals surface area contributed by atoms with Crippen LogP contribution in [0, 0.1) is 6.92 Å². The molecule has 8 heteroatoms. The Hall–Kier alpha value is -3.94. The number of nitrogens with zero attached hydrogens (tertiary/aromatic N) is 4. The van der Waals surface area contributed by atoms with Gasteiger partial charge in [0.2, 0.25) is 0 Å². The van der Waals surface area contributed by atoms with Crippen molar-refractivity contribution in [1.82, 2.24) is 9.97 Å². The summed E-state index contributed by atoms with van der Waals surface area (Å²) in [6.07, 6.45) is 3.26. The fourth-order valence-corrected chi connectivity index (χ4v) is 3.65. The first kappa shape index (κ1) is 20.3. The molecule has 0 spiro atoms. The highest BCUT2D eigenvalue weighted by atomic mass is 16.4. The van der Waals surface area contributed by atoms with Crippen molar-refractivity contribution in [2.75, 3.05) is 41.3 Å². The number of carbonyl (C=O) groups is 2. The number of hydrogen-bond acceptors (Lipinski definition) is 6. The molecule has 0 aliphatic carbocycles. The quantitative estimate of drug-likeness (QED) is 0.658. The minimum atomic E-state index is -1.08. The summed E-state index contributed by atoms with van der Waals surface area (Å²) in [5.41, 5.74) is 1.79. The van der Waals surface area contributed by atoms with Gasteiger partial charge in [0, 0.05) is 37.9 Å². The third-order valence-corrected chi connectivity index (χ3v) is 5.30. The van der Waals surface area contributed by atoms with E-state index in [1.807, 2.05) is 42.2 Å². The lowest BCUT2D eigenvalue weighted by Crippen LogP contribution is -2.47. The number of rotatable bonds is 5. The average Bonchev–Trinajstić information content (AvgIpc) is 2.80. The Balaban J connectivity index is 1.50. The summed E-state index contributed by atoms with van der Waals surface area (Å²) in [4.78, 5) is 37.4. The summed E-state index contributed by atoms with van der Waals surface area (Å²) in [6.45, 7) is 4.52. The number of hydrogen-bond donors (Lipinski definition) is 2. The summed E-state index contributed by atoms with van der Waals surface area (Å²) in [7, 11) is 0. The number of nitrogens with one attached hydrogen (secondary N) is 1. The first-order chi connectivity index (χ1) is 15.0. The van der Waals surface area contributed by atoms with Crippen LogP contribution in [-0.2, 0) is 0 Å². The lowest BCUT2D eigenvalue weighted by Gasteiger charge is -2.36. The van der Waals surface area contributed by atoms with Crippen molar-refractivity contribution in [3.63, 3.8) is 0 Å². The molecule has 2 aromatic heterocycles. The second kappa shape index (κ2) is 8.83. The molecule has 1 aliphatic heterocycles. The van der Waals surface area contributed by atoms with Gasteiger partial charge in [0.25, 0.3) is 5.91 Å². The molecule has 3 aromatic rings. The zero-order valence-electron chi connectivity index (χ0n) is 17.2. The molecule has 1 amide bonds. The number of aryl methyl sites for hydroxylation is 1. The normalized spacial score (nSPS) is 13.7. The highest BCUT2D eigenvalue weighted by Gasteiger charge is 2.24. The van der Waals surface area contributed by atoms with Gasteiger partial charge in [0.05, 0.1) is 11.9 Å². The van der Waals surface area contributed by atoms with E-state index in [2.05, 4.69) is 20.2 Å². The van der Waals surface area contributed by atoms with Crippen LogP contribution in [0.4, 0.5) is 17.3 Å². The van der Waals surface area contributed by atoms with Gasteiger partial charge in [0.15, 0.2) is 0 Å². The van der Waals surface area contributed by atoms with E-state index in [4.69, 9.17) is 0 Å². The number of aromatic carboxylic acids is 1. The van der Waals surface area contributed by atoms with E-state index in [0.717, 1.165) is 11.4 Å². The lowest BCUT2D eigenvalue weighted by atomic mass is 10.1. The van der Waals surface area contributed by atoms with Gasteiger partial charge in [0.1, 0.15) is 17.2 Å². The minimum absolute atomic E-state index is 0.0638. The van der Waals surface area contributed by atoms with Gasteiger partial charge in [-0.2, -0.15) is 0 Å². The number of aromatic nitrogens is 2. The number of anilines is 3. The highest BCUT2D eigenvalue weighted by molar-refractivity contribution is 6.06. The Morgan fingerprint density at radius 1 is 0.935 bits per heavy atom. The fourth-order valence-electron chi connectivity index (χ4n) is 3.65.